The van der Waals surface area contributed by atoms with Crippen molar-refractivity contribution < 1.29 is 22.3 Å². The molecule has 0 heterocycles. The van der Waals surface area contributed by atoms with Gasteiger partial charge in [-0.2, -0.15) is 13.2 Å². The molecule has 1 aliphatic carbocycles. The number of hydrogen-bond acceptors (Lipinski definition) is 1. The minimum Gasteiger partial charge on any atom is -0.456 e. The predicted octanol–water partition coefficient (Wildman–Crippen LogP) is 7.75. The minimum atomic E-state index is -2.12. The smallest absolute Gasteiger partial charge is 0.305 e. The zero-order chi connectivity index (χ0) is 20.1. The maximum Gasteiger partial charge on any atom is 0.305 e. The van der Waals surface area contributed by atoms with Gasteiger partial charge >= 0.3 is 6.08 Å². The molecular weight excluding hydrogens is 368 g/mol. The predicted molar refractivity (Wildman–Crippen MR) is 103 cm³/mol. The molecule has 2 aromatic carbocycles. The summed E-state index contributed by atoms with van der Waals surface area (Å²) in [7, 11) is 0. The third-order valence-corrected chi connectivity index (χ3v) is 5.31. The molecule has 3 rings (SSSR count). The van der Waals surface area contributed by atoms with Crippen molar-refractivity contribution in [2.45, 2.75) is 57.8 Å². The van der Waals surface area contributed by atoms with Gasteiger partial charge in [0.15, 0.2) is 17.8 Å². The number of rotatable bonds is 6. The summed E-state index contributed by atoms with van der Waals surface area (Å²) < 4.78 is 58.1. The van der Waals surface area contributed by atoms with E-state index in [-0.39, 0.29) is 11.8 Å². The Bertz CT molecular complexity index is 850. The Hall–Kier alpha value is -2.30. The van der Waals surface area contributed by atoms with Crippen LogP contribution in [0.2, 0.25) is 0 Å². The highest BCUT2D eigenvalue weighted by atomic mass is 19.3. The molecular formula is C23H24F4O. The maximum absolute atomic E-state index is 14.8. The Kier molecular flexibility index (Phi) is 6.76. The van der Waals surface area contributed by atoms with Crippen LogP contribution < -0.4 is 4.74 Å². The van der Waals surface area contributed by atoms with Crippen LogP contribution in [-0.4, -0.2) is 0 Å². The van der Waals surface area contributed by atoms with Crippen molar-refractivity contribution in [3.05, 3.63) is 65.4 Å². The Morgan fingerprint density at radius 3 is 2.39 bits per heavy atom. The summed E-state index contributed by atoms with van der Waals surface area (Å²) in [5, 5.41) is 0. The third-order valence-electron chi connectivity index (χ3n) is 5.31. The molecule has 1 nitrogen and oxygen atoms in total. The Morgan fingerprint density at radius 1 is 1.00 bits per heavy atom. The first kappa shape index (κ1) is 20.4. The standard InChI is InChI=1S/C23H24F4O/c1-2-6-15-9-10-17(19(13-15)16-7-4-3-5-8-16)18-11-12-20(23(27)22(18)26)28-14-21(24)25/h9-14,16H,2-8H2,1H3. The zero-order valence-corrected chi connectivity index (χ0v) is 15.9. The summed E-state index contributed by atoms with van der Waals surface area (Å²) in [6.07, 6.45) is 5.47. The summed E-state index contributed by atoms with van der Waals surface area (Å²) in [6.45, 7) is 2.11. The Labute approximate surface area is 163 Å². The molecule has 0 radical (unpaired) electrons. The molecule has 150 valence electrons. The van der Waals surface area contributed by atoms with Gasteiger partial charge in [-0.05, 0) is 54.0 Å². The van der Waals surface area contributed by atoms with Crippen molar-refractivity contribution in [1.29, 1.82) is 0 Å². The maximum atomic E-state index is 14.8. The normalized spacial score (nSPS) is 14.8. The first-order valence-corrected chi connectivity index (χ1v) is 9.80. The van der Waals surface area contributed by atoms with Gasteiger partial charge in [0.25, 0.3) is 0 Å². The number of halogens is 4. The van der Waals surface area contributed by atoms with Crippen molar-refractivity contribution >= 4 is 0 Å². The summed E-state index contributed by atoms with van der Waals surface area (Å²) in [4.78, 5) is 0. The van der Waals surface area contributed by atoms with Crippen molar-refractivity contribution in [3.63, 3.8) is 0 Å². The van der Waals surface area contributed by atoms with Crippen molar-refractivity contribution in [2.24, 2.45) is 0 Å². The molecule has 0 spiro atoms. The zero-order valence-electron chi connectivity index (χ0n) is 15.9. The van der Waals surface area contributed by atoms with Crippen LogP contribution in [0.4, 0.5) is 17.6 Å². The van der Waals surface area contributed by atoms with Gasteiger partial charge in [0, 0.05) is 5.56 Å². The lowest BCUT2D eigenvalue weighted by molar-refractivity contribution is 0.351. The quantitative estimate of drug-likeness (QED) is 0.361. The number of hydrogen-bond donors (Lipinski definition) is 0. The van der Waals surface area contributed by atoms with Crippen LogP contribution in [0.15, 0.2) is 42.7 Å². The average molecular weight is 392 g/mol. The van der Waals surface area contributed by atoms with E-state index in [1.807, 2.05) is 12.1 Å². The highest BCUT2D eigenvalue weighted by Crippen LogP contribution is 2.40. The monoisotopic (exact) mass is 392 g/mol. The summed E-state index contributed by atoms with van der Waals surface area (Å²) in [5.41, 5.74) is 3.05. The van der Waals surface area contributed by atoms with E-state index in [1.165, 1.54) is 24.1 Å². The van der Waals surface area contributed by atoms with Crippen LogP contribution in [0.5, 0.6) is 5.75 Å². The molecule has 0 N–H and O–H groups in total. The summed E-state index contributed by atoms with van der Waals surface area (Å²) in [5.74, 6) is -2.58. The van der Waals surface area contributed by atoms with Crippen LogP contribution in [-0.2, 0) is 6.42 Å². The fourth-order valence-electron chi connectivity index (χ4n) is 3.99. The lowest BCUT2D eigenvalue weighted by Gasteiger charge is -2.25. The molecule has 0 unspecified atom stereocenters. The van der Waals surface area contributed by atoms with Gasteiger partial charge in [-0.15, -0.1) is 0 Å². The first-order chi connectivity index (χ1) is 13.5. The van der Waals surface area contributed by atoms with Gasteiger partial charge in [0.1, 0.15) is 0 Å². The van der Waals surface area contributed by atoms with Crippen molar-refractivity contribution in [1.82, 2.24) is 0 Å². The molecule has 5 heteroatoms. The lowest BCUT2D eigenvalue weighted by Crippen LogP contribution is -2.07. The molecule has 0 saturated heterocycles. The van der Waals surface area contributed by atoms with Crippen molar-refractivity contribution in [3.8, 4) is 16.9 Å². The second kappa shape index (κ2) is 9.26. The highest BCUT2D eigenvalue weighted by molar-refractivity contribution is 5.70. The van der Waals surface area contributed by atoms with Gasteiger partial charge < -0.3 is 4.74 Å². The van der Waals surface area contributed by atoms with E-state index in [1.54, 1.807) is 0 Å². The summed E-state index contributed by atoms with van der Waals surface area (Å²) >= 11 is 0. The van der Waals surface area contributed by atoms with E-state index in [0.29, 0.717) is 11.5 Å². The van der Waals surface area contributed by atoms with E-state index < -0.39 is 23.5 Å². The molecule has 0 atom stereocenters. The van der Waals surface area contributed by atoms with E-state index in [0.717, 1.165) is 44.1 Å². The lowest BCUT2D eigenvalue weighted by atomic mass is 9.80. The molecule has 28 heavy (non-hydrogen) atoms. The minimum absolute atomic E-state index is 0.102. The second-order valence-electron chi connectivity index (χ2n) is 7.27. The first-order valence-electron chi connectivity index (χ1n) is 9.80. The van der Waals surface area contributed by atoms with Gasteiger partial charge in [0.05, 0.1) is 0 Å². The van der Waals surface area contributed by atoms with Gasteiger partial charge in [0.2, 0.25) is 5.82 Å². The number of benzene rings is 2. The molecule has 1 fully saturated rings. The van der Waals surface area contributed by atoms with Crippen molar-refractivity contribution in [2.75, 3.05) is 0 Å². The van der Waals surface area contributed by atoms with Gasteiger partial charge in [-0.1, -0.05) is 50.8 Å². The molecule has 1 saturated carbocycles. The van der Waals surface area contributed by atoms with Crippen LogP contribution >= 0.6 is 0 Å². The molecule has 0 aromatic heterocycles. The van der Waals surface area contributed by atoms with E-state index in [9.17, 15) is 17.6 Å². The SMILES string of the molecule is CCCc1ccc(-c2ccc(OC=C(F)F)c(F)c2F)c(C2CCCCC2)c1. The Balaban J connectivity index is 2.04. The fraction of sp³-hybridized carbons (Fsp3) is 0.391. The second-order valence-corrected chi connectivity index (χ2v) is 7.27. The van der Waals surface area contributed by atoms with E-state index in [2.05, 4.69) is 17.7 Å². The summed E-state index contributed by atoms with van der Waals surface area (Å²) in [6, 6.07) is 8.52. The van der Waals surface area contributed by atoms with Gasteiger partial charge in [-0.25, -0.2) is 4.39 Å². The van der Waals surface area contributed by atoms with E-state index >= 15 is 0 Å². The van der Waals surface area contributed by atoms with E-state index in [4.69, 9.17) is 0 Å². The molecule has 0 bridgehead atoms. The molecule has 0 aliphatic heterocycles. The Morgan fingerprint density at radius 2 is 1.71 bits per heavy atom. The van der Waals surface area contributed by atoms with Crippen LogP contribution in [0.3, 0.4) is 0 Å². The average Bonchev–Trinajstić information content (AvgIpc) is 2.70. The van der Waals surface area contributed by atoms with Gasteiger partial charge in [-0.3, -0.25) is 0 Å². The third kappa shape index (κ3) is 4.57. The largest absolute Gasteiger partial charge is 0.456 e. The van der Waals surface area contributed by atoms with Crippen LogP contribution in [0.1, 0.15) is 62.5 Å². The molecule has 2 aromatic rings. The van der Waals surface area contributed by atoms with Crippen LogP contribution in [0.25, 0.3) is 11.1 Å². The number of ether oxygens (including phenoxy) is 1. The topological polar surface area (TPSA) is 9.23 Å². The number of aryl methyl sites for hydroxylation is 1. The van der Waals surface area contributed by atoms with Crippen LogP contribution in [0, 0.1) is 11.6 Å². The molecule has 1 aliphatic rings. The fourth-order valence-corrected chi connectivity index (χ4v) is 3.99. The highest BCUT2D eigenvalue weighted by Gasteiger charge is 2.23. The molecule has 0 amide bonds.